The van der Waals surface area contributed by atoms with E-state index in [0.717, 1.165) is 23.0 Å². The number of halogens is 8. The van der Waals surface area contributed by atoms with Gasteiger partial charge < -0.3 is 20.1 Å². The van der Waals surface area contributed by atoms with E-state index in [0.29, 0.717) is 12.1 Å². The van der Waals surface area contributed by atoms with Crippen molar-refractivity contribution in [3.63, 3.8) is 0 Å². The maximum absolute atomic E-state index is 13.8. The highest BCUT2D eigenvalue weighted by Crippen LogP contribution is 2.31. The molecule has 0 fully saturated rings. The summed E-state index contributed by atoms with van der Waals surface area (Å²) in [5.41, 5.74) is -1.76. The standard InChI is InChI=1S/C24H21F8N5O4/c25-5-6-40-7-8-41-20-10-15(21(38)34-13-23(27,28)29)2-4-19(20)37-12-18(35-36-37)22(39)33-11-14-1-3-16(17(26)9-14)24(30,31)32/h1-4,9-10,12H,5-8,11,13H2,(H,33,39)(H,34,38). The fraction of sp³-hybridized carbons (Fsp3) is 0.333. The molecule has 0 radical (unpaired) electrons. The van der Waals surface area contributed by atoms with Gasteiger partial charge in [-0.2, -0.15) is 26.3 Å². The summed E-state index contributed by atoms with van der Waals surface area (Å²) in [6.45, 7) is -3.05. The number of alkyl halides is 7. The van der Waals surface area contributed by atoms with Crippen molar-refractivity contribution >= 4 is 11.8 Å². The number of hydrogen-bond donors (Lipinski definition) is 2. The lowest BCUT2D eigenvalue weighted by Crippen LogP contribution is -2.33. The van der Waals surface area contributed by atoms with Crippen LogP contribution in [0.5, 0.6) is 5.75 Å². The summed E-state index contributed by atoms with van der Waals surface area (Å²) in [7, 11) is 0. The second-order valence-corrected chi connectivity index (χ2v) is 8.17. The molecular formula is C24H21F8N5O4. The van der Waals surface area contributed by atoms with E-state index in [4.69, 9.17) is 9.47 Å². The Morgan fingerprint density at radius 1 is 0.927 bits per heavy atom. The summed E-state index contributed by atoms with van der Waals surface area (Å²) in [5, 5.41) is 11.6. The number of rotatable bonds is 12. The average Bonchev–Trinajstić information content (AvgIpc) is 3.39. The minimum atomic E-state index is -4.88. The van der Waals surface area contributed by atoms with E-state index in [1.807, 2.05) is 0 Å². The Labute approximate surface area is 226 Å². The Balaban J connectivity index is 1.75. The van der Waals surface area contributed by atoms with Crippen molar-refractivity contribution in [2.45, 2.75) is 18.9 Å². The van der Waals surface area contributed by atoms with Crippen molar-refractivity contribution in [3.05, 3.63) is 70.8 Å². The van der Waals surface area contributed by atoms with Gasteiger partial charge in [0.15, 0.2) is 5.69 Å². The monoisotopic (exact) mass is 595 g/mol. The van der Waals surface area contributed by atoms with Gasteiger partial charge in [-0.3, -0.25) is 9.59 Å². The first-order valence-corrected chi connectivity index (χ1v) is 11.6. The molecule has 2 aromatic carbocycles. The van der Waals surface area contributed by atoms with Crippen LogP contribution in [0, 0.1) is 5.82 Å². The highest BCUT2D eigenvalue weighted by atomic mass is 19.4. The van der Waals surface area contributed by atoms with E-state index in [2.05, 4.69) is 15.6 Å². The van der Waals surface area contributed by atoms with Gasteiger partial charge in [0.05, 0.1) is 25.0 Å². The quantitative estimate of drug-likeness (QED) is 0.242. The molecule has 0 spiro atoms. The summed E-state index contributed by atoms with van der Waals surface area (Å²) in [6.07, 6.45) is -8.38. The molecule has 9 nitrogen and oxygen atoms in total. The van der Waals surface area contributed by atoms with Crippen LogP contribution < -0.4 is 15.4 Å². The topological polar surface area (TPSA) is 107 Å². The van der Waals surface area contributed by atoms with E-state index in [1.54, 1.807) is 5.32 Å². The van der Waals surface area contributed by atoms with Crippen LogP contribution in [0.2, 0.25) is 0 Å². The van der Waals surface area contributed by atoms with Crippen molar-refractivity contribution in [3.8, 4) is 11.4 Å². The number of nitrogens with zero attached hydrogens (tertiary/aromatic N) is 3. The zero-order chi connectivity index (χ0) is 30.2. The van der Waals surface area contributed by atoms with E-state index in [-0.39, 0.29) is 54.6 Å². The van der Waals surface area contributed by atoms with Crippen molar-refractivity contribution in [1.29, 1.82) is 0 Å². The molecule has 2 N–H and O–H groups in total. The third-order valence-corrected chi connectivity index (χ3v) is 5.14. The van der Waals surface area contributed by atoms with Crippen molar-refractivity contribution in [2.24, 2.45) is 0 Å². The summed E-state index contributed by atoms with van der Waals surface area (Å²) < 4.78 is 113. The maximum atomic E-state index is 13.8. The van der Waals surface area contributed by atoms with Crippen LogP contribution in [0.15, 0.2) is 42.6 Å². The van der Waals surface area contributed by atoms with Gasteiger partial charge in [-0.15, -0.1) is 5.10 Å². The van der Waals surface area contributed by atoms with Crippen LogP contribution in [0.25, 0.3) is 5.69 Å². The zero-order valence-corrected chi connectivity index (χ0v) is 20.8. The van der Waals surface area contributed by atoms with Crippen LogP contribution in [0.1, 0.15) is 32.0 Å². The van der Waals surface area contributed by atoms with Gasteiger partial charge >= 0.3 is 12.4 Å². The molecule has 0 aliphatic heterocycles. The van der Waals surface area contributed by atoms with Gasteiger partial charge in [0.2, 0.25) is 0 Å². The lowest BCUT2D eigenvalue weighted by molar-refractivity contribution is -0.140. The summed E-state index contributed by atoms with van der Waals surface area (Å²) >= 11 is 0. The third kappa shape index (κ3) is 9.12. The second-order valence-electron chi connectivity index (χ2n) is 8.17. The normalized spacial score (nSPS) is 11.8. The van der Waals surface area contributed by atoms with Gasteiger partial charge in [-0.05, 0) is 35.9 Å². The highest BCUT2D eigenvalue weighted by Gasteiger charge is 2.34. The predicted octanol–water partition coefficient (Wildman–Crippen LogP) is 4.01. The minimum Gasteiger partial charge on any atom is -0.489 e. The highest BCUT2D eigenvalue weighted by molar-refractivity contribution is 5.95. The minimum absolute atomic E-state index is 0.0429. The summed E-state index contributed by atoms with van der Waals surface area (Å²) in [4.78, 5) is 24.7. The average molecular weight is 595 g/mol. The molecule has 0 aliphatic carbocycles. The Kier molecular flexibility index (Phi) is 10.2. The van der Waals surface area contributed by atoms with Crippen LogP contribution in [0.4, 0.5) is 35.1 Å². The number of benzene rings is 2. The molecule has 0 bridgehead atoms. The van der Waals surface area contributed by atoms with Crippen LogP contribution in [-0.2, 0) is 17.5 Å². The molecule has 0 aliphatic rings. The smallest absolute Gasteiger partial charge is 0.419 e. The molecule has 0 saturated heterocycles. The molecular weight excluding hydrogens is 574 g/mol. The second kappa shape index (κ2) is 13.4. The van der Waals surface area contributed by atoms with Crippen LogP contribution in [-0.4, -0.2) is 66.0 Å². The van der Waals surface area contributed by atoms with E-state index >= 15 is 0 Å². The molecule has 0 saturated carbocycles. The summed E-state index contributed by atoms with van der Waals surface area (Å²) in [5.74, 6) is -3.44. The number of carbonyl (C=O) groups is 2. The van der Waals surface area contributed by atoms with Crippen molar-refractivity contribution < 1.29 is 54.2 Å². The number of carbonyl (C=O) groups excluding carboxylic acids is 2. The molecule has 1 aromatic heterocycles. The molecule has 2 amide bonds. The van der Waals surface area contributed by atoms with Crippen molar-refractivity contribution in [1.82, 2.24) is 25.6 Å². The van der Waals surface area contributed by atoms with E-state index in [9.17, 15) is 44.7 Å². The first-order chi connectivity index (χ1) is 19.3. The SMILES string of the molecule is O=C(NCC(F)(F)F)c1ccc(-n2cc(C(=O)NCc3ccc(C(F)(F)F)c(F)c3)nn2)c(OCCOCCF)c1. The molecule has 41 heavy (non-hydrogen) atoms. The molecule has 3 aromatic rings. The lowest BCUT2D eigenvalue weighted by atomic mass is 10.1. The molecule has 222 valence electrons. The fourth-order valence-electron chi connectivity index (χ4n) is 3.27. The van der Waals surface area contributed by atoms with Gasteiger partial charge in [0, 0.05) is 12.1 Å². The molecule has 17 heteroatoms. The Morgan fingerprint density at radius 2 is 1.68 bits per heavy atom. The molecule has 3 rings (SSSR count). The zero-order valence-electron chi connectivity index (χ0n) is 20.8. The molecule has 1 heterocycles. The van der Waals surface area contributed by atoms with Gasteiger partial charge in [-0.25, -0.2) is 13.5 Å². The van der Waals surface area contributed by atoms with Crippen molar-refractivity contribution in [2.75, 3.05) is 33.0 Å². The number of hydrogen-bond acceptors (Lipinski definition) is 6. The fourth-order valence-corrected chi connectivity index (χ4v) is 3.27. The largest absolute Gasteiger partial charge is 0.489 e. The van der Waals surface area contributed by atoms with E-state index < -0.39 is 48.8 Å². The molecule has 0 atom stereocenters. The Bertz CT molecular complexity index is 1360. The Hall–Kier alpha value is -4.28. The molecule has 0 unspecified atom stereocenters. The Morgan fingerprint density at radius 3 is 2.34 bits per heavy atom. The van der Waals surface area contributed by atoms with Gasteiger partial charge in [0.1, 0.15) is 37.1 Å². The number of ether oxygens (including phenoxy) is 2. The number of amides is 2. The first-order valence-electron chi connectivity index (χ1n) is 11.6. The third-order valence-electron chi connectivity index (χ3n) is 5.14. The van der Waals surface area contributed by atoms with Crippen LogP contribution >= 0.6 is 0 Å². The number of nitrogens with one attached hydrogen (secondary N) is 2. The number of aromatic nitrogens is 3. The first kappa shape index (κ1) is 31.3. The maximum Gasteiger partial charge on any atom is 0.419 e. The predicted molar refractivity (Wildman–Crippen MR) is 125 cm³/mol. The van der Waals surface area contributed by atoms with Crippen LogP contribution in [0.3, 0.4) is 0 Å². The van der Waals surface area contributed by atoms with E-state index in [1.165, 1.54) is 12.1 Å². The lowest BCUT2D eigenvalue weighted by Gasteiger charge is -2.14. The summed E-state index contributed by atoms with van der Waals surface area (Å²) in [6, 6.07) is 5.74. The van der Waals surface area contributed by atoms with Gasteiger partial charge in [0.25, 0.3) is 11.8 Å². The van der Waals surface area contributed by atoms with Gasteiger partial charge in [-0.1, -0.05) is 11.3 Å².